The van der Waals surface area contributed by atoms with E-state index in [-0.39, 0.29) is 16.7 Å². The van der Waals surface area contributed by atoms with Crippen LogP contribution in [0.2, 0.25) is 0 Å². The van der Waals surface area contributed by atoms with Crippen molar-refractivity contribution in [1.82, 2.24) is 0 Å². The van der Waals surface area contributed by atoms with E-state index in [0.717, 1.165) is 29.2 Å². The molecular weight excluding hydrogens is 254 g/mol. The fraction of sp³-hybridized carbons (Fsp3) is 0.625. The zero-order valence-electron chi connectivity index (χ0n) is 11.3. The molecule has 1 aromatic rings. The Morgan fingerprint density at radius 1 is 1.20 bits per heavy atom. The first kappa shape index (κ1) is 12.3. The first-order chi connectivity index (χ1) is 9.65. The van der Waals surface area contributed by atoms with Crippen molar-refractivity contribution in [3.05, 3.63) is 39.9 Å². The maximum atomic E-state index is 10.6. The molecule has 5 unspecified atom stereocenters. The summed E-state index contributed by atoms with van der Waals surface area (Å²) < 4.78 is 0. The average Bonchev–Trinajstić information content (AvgIpc) is 2.89. The maximum Gasteiger partial charge on any atom is 0.269 e. The molecule has 3 aliphatic carbocycles. The Morgan fingerprint density at radius 3 is 2.35 bits per heavy atom. The monoisotopic (exact) mass is 273 g/mol. The molecule has 1 N–H and O–H groups in total. The number of nitro benzene ring substituents is 1. The van der Waals surface area contributed by atoms with Crippen LogP contribution in [-0.4, -0.2) is 16.1 Å². The van der Waals surface area contributed by atoms with Gasteiger partial charge in [-0.1, -0.05) is 12.1 Å². The van der Waals surface area contributed by atoms with Crippen molar-refractivity contribution in [3.8, 4) is 0 Å². The summed E-state index contributed by atoms with van der Waals surface area (Å²) in [5, 5.41) is 21.1. The lowest BCUT2D eigenvalue weighted by molar-refractivity contribution is -0.384. The molecule has 4 rings (SSSR count). The first-order valence-electron chi connectivity index (χ1n) is 7.56. The zero-order valence-corrected chi connectivity index (χ0v) is 11.3. The molecule has 5 atom stereocenters. The van der Waals surface area contributed by atoms with Crippen molar-refractivity contribution < 1.29 is 10.0 Å². The van der Waals surface area contributed by atoms with Gasteiger partial charge in [0.1, 0.15) is 0 Å². The minimum Gasteiger partial charge on any atom is -0.392 e. The average molecular weight is 273 g/mol. The van der Waals surface area contributed by atoms with Crippen molar-refractivity contribution in [1.29, 1.82) is 0 Å². The zero-order chi connectivity index (χ0) is 13.9. The highest BCUT2D eigenvalue weighted by Gasteiger charge is 2.66. The van der Waals surface area contributed by atoms with Gasteiger partial charge in [-0.15, -0.1) is 0 Å². The molecule has 4 heteroatoms. The van der Waals surface area contributed by atoms with Gasteiger partial charge in [0.15, 0.2) is 0 Å². The van der Waals surface area contributed by atoms with E-state index >= 15 is 0 Å². The van der Waals surface area contributed by atoms with E-state index in [9.17, 15) is 15.2 Å². The maximum absolute atomic E-state index is 10.6. The summed E-state index contributed by atoms with van der Waals surface area (Å²) in [5.41, 5.74) is 1.12. The molecule has 3 aliphatic rings. The van der Waals surface area contributed by atoms with Gasteiger partial charge in [-0.05, 0) is 60.8 Å². The molecule has 1 aromatic carbocycles. The van der Waals surface area contributed by atoms with Crippen LogP contribution in [0.3, 0.4) is 0 Å². The smallest absolute Gasteiger partial charge is 0.269 e. The Kier molecular flexibility index (Phi) is 2.64. The fourth-order valence-corrected chi connectivity index (χ4v) is 5.04. The number of rotatable bonds is 4. The van der Waals surface area contributed by atoms with Crippen LogP contribution >= 0.6 is 0 Å². The van der Waals surface area contributed by atoms with Crippen molar-refractivity contribution in [2.75, 3.05) is 0 Å². The number of aliphatic hydroxyl groups is 1. The molecule has 3 fully saturated rings. The van der Waals surface area contributed by atoms with Gasteiger partial charge in [0.05, 0.1) is 11.0 Å². The molecule has 4 nitrogen and oxygen atoms in total. The molecule has 0 saturated heterocycles. The van der Waals surface area contributed by atoms with Crippen LogP contribution in [0.4, 0.5) is 5.69 Å². The fourth-order valence-electron chi connectivity index (χ4n) is 5.04. The summed E-state index contributed by atoms with van der Waals surface area (Å²) in [6.45, 7) is 0. The molecular formula is C16H19NO3. The standard InChI is InChI=1S/C16H19NO3/c18-13(7-9-1-5-12(6-2-9)17(19)20)16-14-10-3-4-11(8-10)15(14)16/h1-2,5-6,10-11,13-16,18H,3-4,7-8H2. The highest BCUT2D eigenvalue weighted by molar-refractivity contribution is 5.33. The molecule has 2 bridgehead atoms. The van der Waals surface area contributed by atoms with Crippen molar-refractivity contribution >= 4 is 5.69 Å². The van der Waals surface area contributed by atoms with Gasteiger partial charge in [-0.25, -0.2) is 0 Å². The minimum atomic E-state index is -0.386. The van der Waals surface area contributed by atoms with Gasteiger partial charge in [0.2, 0.25) is 0 Å². The van der Waals surface area contributed by atoms with Gasteiger partial charge in [0, 0.05) is 12.1 Å². The van der Waals surface area contributed by atoms with E-state index < -0.39 is 0 Å². The summed E-state index contributed by atoms with van der Waals surface area (Å²) in [7, 11) is 0. The van der Waals surface area contributed by atoms with Crippen LogP contribution in [0.25, 0.3) is 0 Å². The summed E-state index contributed by atoms with van der Waals surface area (Å²) in [4.78, 5) is 10.2. The number of nitro groups is 1. The molecule has 0 amide bonds. The Balaban J connectivity index is 1.41. The number of hydrogen-bond donors (Lipinski definition) is 1. The van der Waals surface area contributed by atoms with Crippen molar-refractivity contribution in [2.24, 2.45) is 29.6 Å². The second-order valence-corrected chi connectivity index (χ2v) is 6.76. The lowest BCUT2D eigenvalue weighted by Crippen LogP contribution is -2.18. The van der Waals surface area contributed by atoms with E-state index in [1.165, 1.54) is 31.4 Å². The Morgan fingerprint density at radius 2 is 1.80 bits per heavy atom. The largest absolute Gasteiger partial charge is 0.392 e. The third-order valence-corrected chi connectivity index (χ3v) is 5.83. The highest BCUT2D eigenvalue weighted by atomic mass is 16.6. The number of fused-ring (bicyclic) bond motifs is 5. The van der Waals surface area contributed by atoms with Crippen LogP contribution in [-0.2, 0) is 6.42 Å². The SMILES string of the molecule is O=[N+]([O-])c1ccc(CC(O)C2C3C4CCC(C4)C23)cc1. The molecule has 3 saturated carbocycles. The van der Waals surface area contributed by atoms with Gasteiger partial charge in [-0.3, -0.25) is 10.1 Å². The van der Waals surface area contributed by atoms with Crippen LogP contribution in [0.1, 0.15) is 24.8 Å². The molecule has 0 radical (unpaired) electrons. The number of aliphatic hydroxyl groups excluding tert-OH is 1. The second kappa shape index (κ2) is 4.29. The molecule has 106 valence electrons. The van der Waals surface area contributed by atoms with E-state index in [1.807, 2.05) is 0 Å². The van der Waals surface area contributed by atoms with Crippen LogP contribution < -0.4 is 0 Å². The van der Waals surface area contributed by atoms with Crippen molar-refractivity contribution in [2.45, 2.75) is 31.8 Å². The Hall–Kier alpha value is -1.42. The molecule has 0 aromatic heterocycles. The minimum absolute atomic E-state index is 0.115. The lowest BCUT2D eigenvalue weighted by Gasteiger charge is -2.15. The quantitative estimate of drug-likeness (QED) is 0.677. The van der Waals surface area contributed by atoms with Gasteiger partial charge in [0.25, 0.3) is 5.69 Å². The van der Waals surface area contributed by atoms with E-state index in [4.69, 9.17) is 0 Å². The third kappa shape index (κ3) is 1.78. The predicted octanol–water partition coefficient (Wildman–Crippen LogP) is 2.79. The van der Waals surface area contributed by atoms with Gasteiger partial charge >= 0.3 is 0 Å². The van der Waals surface area contributed by atoms with Crippen LogP contribution in [0, 0.1) is 39.7 Å². The first-order valence-corrected chi connectivity index (χ1v) is 7.56. The summed E-state index contributed by atoms with van der Waals surface area (Å²) in [6, 6.07) is 6.60. The number of hydrogen-bond acceptors (Lipinski definition) is 3. The van der Waals surface area contributed by atoms with E-state index in [0.29, 0.717) is 12.3 Å². The molecule has 0 heterocycles. The molecule has 0 aliphatic heterocycles. The van der Waals surface area contributed by atoms with Crippen LogP contribution in [0.5, 0.6) is 0 Å². The lowest BCUT2D eigenvalue weighted by atomic mass is 9.95. The van der Waals surface area contributed by atoms with Gasteiger partial charge in [-0.2, -0.15) is 0 Å². The van der Waals surface area contributed by atoms with E-state index in [1.54, 1.807) is 12.1 Å². The summed E-state index contributed by atoms with van der Waals surface area (Å²) in [5.74, 6) is 3.81. The summed E-state index contributed by atoms with van der Waals surface area (Å²) >= 11 is 0. The number of benzene rings is 1. The number of non-ortho nitro benzene ring substituents is 1. The predicted molar refractivity (Wildman–Crippen MR) is 74.1 cm³/mol. The topological polar surface area (TPSA) is 63.4 Å². The highest BCUT2D eigenvalue weighted by Crippen LogP contribution is 2.70. The normalized spacial score (nSPS) is 38.5. The van der Waals surface area contributed by atoms with Crippen molar-refractivity contribution in [3.63, 3.8) is 0 Å². The molecule has 20 heavy (non-hydrogen) atoms. The molecule has 0 spiro atoms. The third-order valence-electron chi connectivity index (χ3n) is 5.83. The summed E-state index contributed by atoms with van der Waals surface area (Å²) in [6.07, 6.45) is 4.50. The Labute approximate surface area is 118 Å². The van der Waals surface area contributed by atoms with E-state index in [2.05, 4.69) is 0 Å². The Bertz CT molecular complexity index is 525. The number of nitrogens with zero attached hydrogens (tertiary/aromatic N) is 1. The van der Waals surface area contributed by atoms with Crippen LogP contribution in [0.15, 0.2) is 24.3 Å². The van der Waals surface area contributed by atoms with Gasteiger partial charge < -0.3 is 5.11 Å². The second-order valence-electron chi connectivity index (χ2n) is 6.76.